The molecule has 1 saturated heterocycles. The Morgan fingerprint density at radius 1 is 1.09 bits per heavy atom. The largest absolute Gasteiger partial charge is 0.462 e. The smallest absolute Gasteiger partial charge is 0.242 e. The van der Waals surface area contributed by atoms with Gasteiger partial charge < -0.3 is 30.0 Å². The average molecular weight is 768 g/mol. The Hall–Kier alpha value is -4.75. The van der Waals surface area contributed by atoms with E-state index < -0.39 is 6.04 Å². The zero-order chi connectivity index (χ0) is 39.1. The van der Waals surface area contributed by atoms with Crippen LogP contribution in [0.15, 0.2) is 60.5 Å². The van der Waals surface area contributed by atoms with Gasteiger partial charge in [0.2, 0.25) is 18.3 Å². The molecule has 0 spiro atoms. The fourth-order valence-electron chi connectivity index (χ4n) is 7.83. The van der Waals surface area contributed by atoms with E-state index in [-0.39, 0.29) is 23.5 Å². The molecule has 13 heteroatoms. The number of aldehydes is 1. The van der Waals surface area contributed by atoms with Crippen molar-refractivity contribution in [2.45, 2.75) is 94.4 Å². The van der Waals surface area contributed by atoms with E-state index in [1.165, 1.54) is 4.90 Å². The highest BCUT2D eigenvalue weighted by Crippen LogP contribution is 2.49. The van der Waals surface area contributed by atoms with Gasteiger partial charge in [0.1, 0.15) is 29.6 Å². The number of carbonyl (C=O) groups is 4. The van der Waals surface area contributed by atoms with Crippen LogP contribution in [-0.2, 0) is 24.6 Å². The third-order valence-corrected chi connectivity index (χ3v) is 12.5. The van der Waals surface area contributed by atoms with Crippen molar-refractivity contribution in [1.82, 2.24) is 19.6 Å². The molecule has 0 bridgehead atoms. The summed E-state index contributed by atoms with van der Waals surface area (Å²) < 4.78 is 8.88. The van der Waals surface area contributed by atoms with Crippen molar-refractivity contribution in [3.63, 3.8) is 0 Å². The van der Waals surface area contributed by atoms with Gasteiger partial charge in [0, 0.05) is 81.4 Å². The predicted molar refractivity (Wildman–Crippen MR) is 218 cm³/mol. The van der Waals surface area contributed by atoms with E-state index in [4.69, 9.17) is 9.72 Å². The molecule has 3 aromatic rings. The maximum absolute atomic E-state index is 12.8. The highest BCUT2D eigenvalue weighted by atomic mass is 32.2. The van der Waals surface area contributed by atoms with Crippen LogP contribution in [0.5, 0.6) is 5.75 Å². The Balaban J connectivity index is 1.06. The molecule has 292 valence electrons. The first-order chi connectivity index (χ1) is 26.6. The van der Waals surface area contributed by atoms with Gasteiger partial charge in [0.25, 0.3) is 0 Å². The number of benzene rings is 2. The Kier molecular flexibility index (Phi) is 12.9. The number of anilines is 3. The van der Waals surface area contributed by atoms with Gasteiger partial charge in [-0.15, -0.1) is 0 Å². The van der Waals surface area contributed by atoms with Gasteiger partial charge in [0.05, 0.1) is 16.8 Å². The first-order valence-electron chi connectivity index (χ1n) is 19.3. The second kappa shape index (κ2) is 17.8. The van der Waals surface area contributed by atoms with Gasteiger partial charge in [-0.2, -0.15) is 0 Å². The SMILES string of the molecule is CNC(=O)C(CCC=O)N(C)c1cccc(-c2ccc(OC3=CC(SN4CCC(Nc5ncc(C6(C(C)=O)CC6)c(C)n5)CC4)CCC3)cc2)c1N(C)C=O. The molecule has 1 aliphatic heterocycles. The number of likely N-dealkylation sites (N-methyl/N-ethyl adjacent to an activating group) is 2. The van der Waals surface area contributed by atoms with Gasteiger partial charge in [0.15, 0.2) is 0 Å². The highest BCUT2D eigenvalue weighted by Gasteiger charge is 2.50. The molecule has 6 rings (SSSR count). The molecule has 2 heterocycles. The minimum atomic E-state index is -0.585. The van der Waals surface area contributed by atoms with Gasteiger partial charge in [-0.25, -0.2) is 14.3 Å². The second-order valence-electron chi connectivity index (χ2n) is 14.8. The molecule has 2 fully saturated rings. The zero-order valence-electron chi connectivity index (χ0n) is 32.5. The Bertz CT molecular complexity index is 1890. The van der Waals surface area contributed by atoms with Crippen LogP contribution in [-0.4, -0.2) is 90.2 Å². The predicted octanol–water partition coefficient (Wildman–Crippen LogP) is 6.24. The molecule has 55 heavy (non-hydrogen) atoms. The van der Waals surface area contributed by atoms with Crippen molar-refractivity contribution in [2.75, 3.05) is 49.3 Å². The lowest BCUT2D eigenvalue weighted by Gasteiger charge is -2.34. The summed E-state index contributed by atoms with van der Waals surface area (Å²) in [6, 6.07) is 13.4. The van der Waals surface area contributed by atoms with Crippen molar-refractivity contribution in [3.05, 3.63) is 71.8 Å². The van der Waals surface area contributed by atoms with Crippen LogP contribution in [0.3, 0.4) is 0 Å². The number of carbonyl (C=O) groups excluding carboxylic acids is 4. The number of para-hydroxylation sites is 1. The van der Waals surface area contributed by atoms with Gasteiger partial charge in [-0.1, -0.05) is 36.2 Å². The fraction of sp³-hybridized carbons (Fsp3) is 0.476. The molecule has 2 amide bonds. The first-order valence-corrected chi connectivity index (χ1v) is 20.1. The van der Waals surface area contributed by atoms with Crippen LogP contribution in [0.4, 0.5) is 17.3 Å². The number of Topliss-reactive ketones (excluding diaryl/α,β-unsaturated/α-hetero) is 1. The van der Waals surface area contributed by atoms with Crippen LogP contribution >= 0.6 is 11.9 Å². The van der Waals surface area contributed by atoms with Crippen molar-refractivity contribution in [2.24, 2.45) is 0 Å². The van der Waals surface area contributed by atoms with Gasteiger partial charge in [-0.05, 0) is 88.6 Å². The van der Waals surface area contributed by atoms with Gasteiger partial charge >= 0.3 is 0 Å². The van der Waals surface area contributed by atoms with E-state index >= 15 is 0 Å². The van der Waals surface area contributed by atoms with Crippen LogP contribution in [0.2, 0.25) is 0 Å². The molecule has 2 unspecified atom stereocenters. The summed E-state index contributed by atoms with van der Waals surface area (Å²) in [7, 11) is 5.08. The minimum Gasteiger partial charge on any atom is -0.462 e. The van der Waals surface area contributed by atoms with E-state index in [9.17, 15) is 19.2 Å². The van der Waals surface area contributed by atoms with Crippen molar-refractivity contribution in [3.8, 4) is 16.9 Å². The Morgan fingerprint density at radius 3 is 2.47 bits per heavy atom. The number of allylic oxidation sites excluding steroid dienone is 1. The Morgan fingerprint density at radius 2 is 1.84 bits per heavy atom. The lowest BCUT2D eigenvalue weighted by Crippen LogP contribution is -2.44. The topological polar surface area (TPSA) is 137 Å². The number of rotatable bonds is 17. The summed E-state index contributed by atoms with van der Waals surface area (Å²) in [5.41, 5.74) is 4.61. The number of nitrogens with one attached hydrogen (secondary N) is 2. The molecular weight excluding hydrogens is 715 g/mol. The monoisotopic (exact) mass is 767 g/mol. The maximum Gasteiger partial charge on any atom is 0.242 e. The summed E-state index contributed by atoms with van der Waals surface area (Å²) in [6.07, 6.45) is 13.1. The molecule has 0 radical (unpaired) electrons. The Labute approximate surface area is 328 Å². The molecule has 2 atom stereocenters. The van der Waals surface area contributed by atoms with Crippen LogP contribution in [0.25, 0.3) is 11.1 Å². The molecule has 1 aromatic heterocycles. The third-order valence-electron chi connectivity index (χ3n) is 11.2. The summed E-state index contributed by atoms with van der Waals surface area (Å²) in [5.74, 6) is 2.37. The van der Waals surface area contributed by atoms with Crippen LogP contribution in [0, 0.1) is 6.92 Å². The second-order valence-corrected chi connectivity index (χ2v) is 16.2. The van der Waals surface area contributed by atoms with E-state index in [0.29, 0.717) is 35.0 Å². The summed E-state index contributed by atoms with van der Waals surface area (Å²) in [4.78, 5) is 60.9. The average Bonchev–Trinajstić information content (AvgIpc) is 4.01. The molecule has 2 aliphatic carbocycles. The number of ketones is 1. The highest BCUT2D eigenvalue weighted by molar-refractivity contribution is 7.97. The summed E-state index contributed by atoms with van der Waals surface area (Å²) in [5, 5.41) is 6.58. The normalized spacial score (nSPS) is 18.7. The fourth-order valence-corrected chi connectivity index (χ4v) is 9.12. The summed E-state index contributed by atoms with van der Waals surface area (Å²) in [6.45, 7) is 5.59. The zero-order valence-corrected chi connectivity index (χ0v) is 33.4. The number of aryl methyl sites for hydroxylation is 1. The van der Waals surface area contributed by atoms with Crippen molar-refractivity contribution >= 4 is 53.7 Å². The number of amides is 2. The van der Waals surface area contributed by atoms with E-state index in [2.05, 4.69) is 26.0 Å². The van der Waals surface area contributed by atoms with Crippen molar-refractivity contribution in [1.29, 1.82) is 0 Å². The summed E-state index contributed by atoms with van der Waals surface area (Å²) >= 11 is 1.91. The molecule has 1 saturated carbocycles. The first kappa shape index (κ1) is 39.9. The number of aromatic nitrogens is 2. The van der Waals surface area contributed by atoms with Crippen LogP contribution in [0.1, 0.15) is 76.0 Å². The number of piperidine rings is 1. The van der Waals surface area contributed by atoms with Crippen molar-refractivity contribution < 1.29 is 23.9 Å². The number of hydrogen-bond donors (Lipinski definition) is 2. The molecule has 2 aromatic carbocycles. The molecule has 3 aliphatic rings. The quantitative estimate of drug-likeness (QED) is 0.119. The maximum atomic E-state index is 12.8. The van der Waals surface area contributed by atoms with E-state index in [1.54, 1.807) is 21.0 Å². The van der Waals surface area contributed by atoms with E-state index in [0.717, 1.165) is 105 Å². The number of ether oxygens (including phenoxy) is 1. The molecule has 12 nitrogen and oxygen atoms in total. The lowest BCUT2D eigenvalue weighted by molar-refractivity contribution is -0.122. The third kappa shape index (κ3) is 9.21. The standard InChI is InChI=1S/C42H53N7O5S/c1-28-36(42(20-21-42)29(2)52)26-44-41(45-28)46-31-18-22-49(23-19-31)55-34-10-6-9-33(25-34)54-32-16-14-30(15-17-32)35-11-7-12-37(39(35)47(4)27-51)48(5)38(13-8-24-50)40(53)43-3/h7,11-12,14-17,24-27,31,34,38H,6,8-10,13,18-23H2,1-5H3,(H,43,53)(H,44,45,46). The van der Waals surface area contributed by atoms with Crippen LogP contribution < -0.4 is 25.2 Å². The number of nitrogens with zero attached hydrogens (tertiary/aromatic N) is 5. The van der Waals surface area contributed by atoms with Gasteiger partial charge in [-0.3, -0.25) is 14.4 Å². The van der Waals surface area contributed by atoms with E-state index in [1.807, 2.05) is 79.5 Å². The minimum absolute atomic E-state index is 0.201. The molecule has 2 N–H and O–H groups in total. The molecular formula is C42H53N7O5S. The number of hydrogen-bond acceptors (Lipinski definition) is 11. The lowest BCUT2D eigenvalue weighted by atomic mass is 9.92.